The summed E-state index contributed by atoms with van der Waals surface area (Å²) in [5, 5.41) is 5.70. The van der Waals surface area contributed by atoms with Crippen LogP contribution in [0.3, 0.4) is 0 Å². The minimum absolute atomic E-state index is 0.271. The Kier molecular flexibility index (Phi) is 5.19. The Labute approximate surface area is 128 Å². The number of hydrogen-bond acceptors (Lipinski definition) is 4. The molecule has 0 aliphatic heterocycles. The van der Waals surface area contributed by atoms with E-state index in [0.29, 0.717) is 24.5 Å². The zero-order valence-corrected chi connectivity index (χ0v) is 12.2. The third-order valence-electron chi connectivity index (χ3n) is 2.95. The molecule has 1 amide bonds. The van der Waals surface area contributed by atoms with E-state index in [-0.39, 0.29) is 5.82 Å². The van der Waals surface area contributed by atoms with Crippen molar-refractivity contribution in [3.8, 4) is 0 Å². The monoisotopic (exact) mass is 303 g/mol. The standard InChI is InChI=1S/C16H18FN3O2/c1-2-22-16(21)20-15-7-6-13(9-14(15)18)19-10-11-4-3-5-12(17)8-11/h3-9,19H,2,10,18H2,1H3,(H,20,21). The number of ether oxygens (including phenoxy) is 1. The minimum atomic E-state index is -0.547. The summed E-state index contributed by atoms with van der Waals surface area (Å²) in [6.45, 7) is 2.49. The van der Waals surface area contributed by atoms with Crippen molar-refractivity contribution < 1.29 is 13.9 Å². The molecule has 22 heavy (non-hydrogen) atoms. The molecule has 0 heterocycles. The highest BCUT2D eigenvalue weighted by molar-refractivity contribution is 5.89. The molecular formula is C16H18FN3O2. The first-order chi connectivity index (χ1) is 10.6. The van der Waals surface area contributed by atoms with Crippen LogP contribution in [-0.4, -0.2) is 12.7 Å². The normalized spacial score (nSPS) is 10.1. The maximum absolute atomic E-state index is 13.1. The largest absolute Gasteiger partial charge is 0.450 e. The summed E-state index contributed by atoms with van der Waals surface area (Å²) < 4.78 is 17.9. The van der Waals surface area contributed by atoms with Crippen molar-refractivity contribution in [2.45, 2.75) is 13.5 Å². The second kappa shape index (κ2) is 7.31. The molecule has 0 aromatic heterocycles. The van der Waals surface area contributed by atoms with Crippen LogP contribution in [0.25, 0.3) is 0 Å². The van der Waals surface area contributed by atoms with E-state index >= 15 is 0 Å². The predicted molar refractivity (Wildman–Crippen MR) is 85.2 cm³/mol. The molecule has 0 aliphatic rings. The summed E-state index contributed by atoms with van der Waals surface area (Å²) in [5.41, 5.74) is 8.38. The van der Waals surface area contributed by atoms with E-state index in [1.807, 2.05) is 6.07 Å². The summed E-state index contributed by atoms with van der Waals surface area (Å²) in [4.78, 5) is 11.4. The fourth-order valence-corrected chi connectivity index (χ4v) is 1.91. The first-order valence-corrected chi connectivity index (χ1v) is 6.90. The Balaban J connectivity index is 1.98. The fraction of sp³-hybridized carbons (Fsp3) is 0.188. The molecule has 5 nitrogen and oxygen atoms in total. The topological polar surface area (TPSA) is 76.4 Å². The van der Waals surface area contributed by atoms with E-state index in [0.717, 1.165) is 11.3 Å². The van der Waals surface area contributed by atoms with Crippen molar-refractivity contribution in [2.75, 3.05) is 23.0 Å². The van der Waals surface area contributed by atoms with E-state index in [9.17, 15) is 9.18 Å². The number of nitrogen functional groups attached to an aromatic ring is 1. The van der Waals surface area contributed by atoms with E-state index in [1.54, 1.807) is 31.2 Å². The van der Waals surface area contributed by atoms with Crippen molar-refractivity contribution in [1.82, 2.24) is 0 Å². The van der Waals surface area contributed by atoms with Crippen LogP contribution >= 0.6 is 0 Å². The van der Waals surface area contributed by atoms with Gasteiger partial charge in [-0.05, 0) is 42.8 Å². The molecule has 6 heteroatoms. The smallest absolute Gasteiger partial charge is 0.411 e. The van der Waals surface area contributed by atoms with Gasteiger partial charge in [-0.1, -0.05) is 12.1 Å². The number of nitrogens with one attached hydrogen (secondary N) is 2. The zero-order chi connectivity index (χ0) is 15.9. The molecule has 0 atom stereocenters. The fourth-order valence-electron chi connectivity index (χ4n) is 1.91. The van der Waals surface area contributed by atoms with Crippen LogP contribution in [0.2, 0.25) is 0 Å². The second-order valence-corrected chi connectivity index (χ2v) is 4.63. The average molecular weight is 303 g/mol. The third-order valence-corrected chi connectivity index (χ3v) is 2.95. The Morgan fingerprint density at radius 3 is 2.77 bits per heavy atom. The lowest BCUT2D eigenvalue weighted by Crippen LogP contribution is -2.14. The van der Waals surface area contributed by atoms with Gasteiger partial charge in [-0.2, -0.15) is 0 Å². The van der Waals surface area contributed by atoms with E-state index in [1.165, 1.54) is 12.1 Å². The highest BCUT2D eigenvalue weighted by Crippen LogP contribution is 2.23. The average Bonchev–Trinajstić information content (AvgIpc) is 2.48. The van der Waals surface area contributed by atoms with Crippen LogP contribution in [-0.2, 0) is 11.3 Å². The molecule has 0 unspecified atom stereocenters. The second-order valence-electron chi connectivity index (χ2n) is 4.63. The van der Waals surface area contributed by atoms with Gasteiger partial charge >= 0.3 is 6.09 Å². The number of halogens is 1. The molecule has 2 aromatic rings. The summed E-state index contributed by atoms with van der Waals surface area (Å²) in [6, 6.07) is 11.5. The van der Waals surface area contributed by atoms with Crippen molar-refractivity contribution in [1.29, 1.82) is 0 Å². The zero-order valence-electron chi connectivity index (χ0n) is 12.2. The van der Waals surface area contributed by atoms with Crippen LogP contribution < -0.4 is 16.4 Å². The molecule has 2 rings (SSSR count). The van der Waals surface area contributed by atoms with Crippen LogP contribution in [0, 0.1) is 5.82 Å². The van der Waals surface area contributed by atoms with E-state index < -0.39 is 6.09 Å². The molecule has 0 radical (unpaired) electrons. The van der Waals surface area contributed by atoms with Gasteiger partial charge in [0.1, 0.15) is 5.82 Å². The molecule has 0 bridgehead atoms. The van der Waals surface area contributed by atoms with E-state index in [4.69, 9.17) is 10.5 Å². The molecule has 0 saturated carbocycles. The molecule has 4 N–H and O–H groups in total. The van der Waals surface area contributed by atoms with E-state index in [2.05, 4.69) is 10.6 Å². The first-order valence-electron chi connectivity index (χ1n) is 6.90. The third kappa shape index (κ3) is 4.37. The van der Waals surface area contributed by atoms with Gasteiger partial charge in [-0.15, -0.1) is 0 Å². The van der Waals surface area contributed by atoms with Crippen molar-refractivity contribution >= 4 is 23.2 Å². The number of carbonyl (C=O) groups excluding carboxylic acids is 1. The van der Waals surface area contributed by atoms with Gasteiger partial charge in [0, 0.05) is 12.2 Å². The lowest BCUT2D eigenvalue weighted by Gasteiger charge is -2.11. The number of nitrogens with two attached hydrogens (primary N) is 1. The number of benzene rings is 2. The van der Waals surface area contributed by atoms with Gasteiger partial charge in [0.15, 0.2) is 0 Å². The van der Waals surface area contributed by atoms with Crippen molar-refractivity contribution in [3.05, 3.63) is 53.8 Å². The van der Waals surface area contributed by atoms with Crippen LogP contribution in [0.5, 0.6) is 0 Å². The highest BCUT2D eigenvalue weighted by atomic mass is 19.1. The maximum Gasteiger partial charge on any atom is 0.411 e. The molecule has 116 valence electrons. The lowest BCUT2D eigenvalue weighted by atomic mass is 10.2. The number of carbonyl (C=O) groups is 1. The summed E-state index contributed by atoms with van der Waals surface area (Å²) >= 11 is 0. The first kappa shape index (κ1) is 15.6. The minimum Gasteiger partial charge on any atom is -0.450 e. The van der Waals surface area contributed by atoms with Gasteiger partial charge in [-0.25, -0.2) is 9.18 Å². The SMILES string of the molecule is CCOC(=O)Nc1ccc(NCc2cccc(F)c2)cc1N. The highest BCUT2D eigenvalue weighted by Gasteiger charge is 2.06. The van der Waals surface area contributed by atoms with Crippen molar-refractivity contribution in [3.63, 3.8) is 0 Å². The number of anilines is 3. The number of hydrogen-bond donors (Lipinski definition) is 3. The Bertz CT molecular complexity index is 662. The van der Waals surface area contributed by atoms with Crippen LogP contribution in [0.1, 0.15) is 12.5 Å². The molecule has 0 saturated heterocycles. The van der Waals surface area contributed by atoms with Crippen LogP contribution in [0.15, 0.2) is 42.5 Å². The molecule has 0 fully saturated rings. The quantitative estimate of drug-likeness (QED) is 0.738. The van der Waals surface area contributed by atoms with Crippen LogP contribution in [0.4, 0.5) is 26.2 Å². The summed E-state index contributed by atoms with van der Waals surface area (Å²) in [7, 11) is 0. The molecular weight excluding hydrogens is 285 g/mol. The van der Waals surface area contributed by atoms with Gasteiger partial charge < -0.3 is 15.8 Å². The maximum atomic E-state index is 13.1. The van der Waals surface area contributed by atoms with Gasteiger partial charge in [-0.3, -0.25) is 5.32 Å². The predicted octanol–water partition coefficient (Wildman–Crippen LogP) is 3.59. The molecule has 0 spiro atoms. The van der Waals surface area contributed by atoms with Gasteiger partial charge in [0.25, 0.3) is 0 Å². The summed E-state index contributed by atoms with van der Waals surface area (Å²) in [5.74, 6) is -0.271. The Morgan fingerprint density at radius 2 is 2.09 bits per heavy atom. The Hall–Kier alpha value is -2.76. The van der Waals surface area contributed by atoms with Gasteiger partial charge in [0.05, 0.1) is 18.0 Å². The number of amides is 1. The summed E-state index contributed by atoms with van der Waals surface area (Å²) in [6.07, 6.45) is -0.547. The van der Waals surface area contributed by atoms with Crippen molar-refractivity contribution in [2.24, 2.45) is 0 Å². The molecule has 2 aromatic carbocycles. The molecule has 0 aliphatic carbocycles. The number of rotatable bonds is 5. The van der Waals surface area contributed by atoms with Gasteiger partial charge in [0.2, 0.25) is 0 Å². The Morgan fingerprint density at radius 1 is 1.27 bits per heavy atom. The lowest BCUT2D eigenvalue weighted by molar-refractivity contribution is 0.168.